The van der Waals surface area contributed by atoms with Crippen molar-refractivity contribution >= 4 is 16.7 Å². The molecule has 1 N–H and O–H groups in total. The highest BCUT2D eigenvalue weighted by molar-refractivity contribution is 5.81. The molecule has 5 rings (SSSR count). The van der Waals surface area contributed by atoms with Gasteiger partial charge in [-0.1, -0.05) is 36.4 Å². The maximum atomic E-state index is 5.82. The Morgan fingerprint density at radius 1 is 1.00 bits per heavy atom. The summed E-state index contributed by atoms with van der Waals surface area (Å²) in [5, 5.41) is 5.01. The van der Waals surface area contributed by atoms with Crippen LogP contribution in [0.25, 0.3) is 10.9 Å². The number of anilines is 1. The standard InChI is InChI=1S/C24H27N3O/c1-6-13-27(14-7-1)24-19(16-18-8-2-4-10-21(18)26-24)17-25-22-12-15-28-23-11-5-3-9-20(22)23/h2-5,8-11,16,22,25H,1,6-7,12-15,17H2. The zero-order valence-corrected chi connectivity index (χ0v) is 16.2. The Morgan fingerprint density at radius 3 is 2.75 bits per heavy atom. The van der Waals surface area contributed by atoms with Crippen LogP contribution in [0.4, 0.5) is 5.82 Å². The number of nitrogens with one attached hydrogen (secondary N) is 1. The Kier molecular flexibility index (Phi) is 4.88. The third-order valence-corrected chi connectivity index (χ3v) is 5.93. The fourth-order valence-corrected chi connectivity index (χ4v) is 4.45. The Labute approximate surface area is 166 Å². The third-order valence-electron chi connectivity index (χ3n) is 5.93. The number of aromatic nitrogens is 1. The molecule has 2 aliphatic heterocycles. The van der Waals surface area contributed by atoms with Crippen LogP contribution >= 0.6 is 0 Å². The summed E-state index contributed by atoms with van der Waals surface area (Å²) in [6, 6.07) is 19.5. The quantitative estimate of drug-likeness (QED) is 0.710. The SMILES string of the molecule is c1ccc2c(c1)OCCC2NCc1cc2ccccc2nc1N1CCCCC1. The number of piperidine rings is 1. The fraction of sp³-hybridized carbons (Fsp3) is 0.375. The minimum atomic E-state index is 0.325. The van der Waals surface area contributed by atoms with Gasteiger partial charge in [-0.25, -0.2) is 4.98 Å². The van der Waals surface area contributed by atoms with Crippen LogP contribution in [0.1, 0.15) is 42.9 Å². The zero-order chi connectivity index (χ0) is 18.8. The van der Waals surface area contributed by atoms with Gasteiger partial charge in [0.2, 0.25) is 0 Å². The first-order valence-electron chi connectivity index (χ1n) is 10.5. The highest BCUT2D eigenvalue weighted by Gasteiger charge is 2.22. The third kappa shape index (κ3) is 3.45. The molecule has 1 aromatic heterocycles. The summed E-state index contributed by atoms with van der Waals surface area (Å²) in [5.74, 6) is 2.17. The molecular weight excluding hydrogens is 346 g/mol. The molecule has 4 nitrogen and oxygen atoms in total. The summed E-state index contributed by atoms with van der Waals surface area (Å²) in [5.41, 5.74) is 3.65. The van der Waals surface area contributed by atoms with E-state index in [0.717, 1.165) is 49.7 Å². The van der Waals surface area contributed by atoms with Gasteiger partial charge in [0.25, 0.3) is 0 Å². The van der Waals surface area contributed by atoms with Crippen molar-refractivity contribution in [3.05, 3.63) is 65.7 Å². The molecule has 0 bridgehead atoms. The molecule has 144 valence electrons. The lowest BCUT2D eigenvalue weighted by Crippen LogP contribution is -2.32. The van der Waals surface area contributed by atoms with Crippen molar-refractivity contribution in [2.24, 2.45) is 0 Å². The molecule has 3 heterocycles. The summed E-state index contributed by atoms with van der Waals surface area (Å²) in [6.07, 6.45) is 4.84. The fourth-order valence-electron chi connectivity index (χ4n) is 4.45. The molecule has 2 aromatic carbocycles. The van der Waals surface area contributed by atoms with Gasteiger partial charge in [0.05, 0.1) is 12.1 Å². The van der Waals surface area contributed by atoms with Crippen molar-refractivity contribution in [1.29, 1.82) is 0 Å². The van der Waals surface area contributed by atoms with Gasteiger partial charge in [-0.2, -0.15) is 0 Å². The zero-order valence-electron chi connectivity index (χ0n) is 16.2. The van der Waals surface area contributed by atoms with Crippen LogP contribution in [-0.2, 0) is 6.54 Å². The van der Waals surface area contributed by atoms with Crippen LogP contribution < -0.4 is 15.0 Å². The van der Waals surface area contributed by atoms with Crippen LogP contribution in [0.3, 0.4) is 0 Å². The Bertz CT molecular complexity index is 965. The van der Waals surface area contributed by atoms with E-state index >= 15 is 0 Å². The van der Waals surface area contributed by atoms with Gasteiger partial charge in [-0.3, -0.25) is 0 Å². The first-order valence-corrected chi connectivity index (χ1v) is 10.5. The number of benzene rings is 2. The van der Waals surface area contributed by atoms with Gasteiger partial charge in [0.15, 0.2) is 0 Å². The summed E-state index contributed by atoms with van der Waals surface area (Å²) in [4.78, 5) is 7.55. The van der Waals surface area contributed by atoms with E-state index in [4.69, 9.17) is 9.72 Å². The number of rotatable bonds is 4. The summed E-state index contributed by atoms with van der Waals surface area (Å²) >= 11 is 0. The van der Waals surface area contributed by atoms with E-state index in [1.54, 1.807) is 0 Å². The monoisotopic (exact) mass is 373 g/mol. The molecule has 28 heavy (non-hydrogen) atoms. The van der Waals surface area contributed by atoms with Gasteiger partial charge >= 0.3 is 0 Å². The number of nitrogens with zero attached hydrogens (tertiary/aromatic N) is 2. The number of pyridine rings is 1. The topological polar surface area (TPSA) is 37.4 Å². The number of para-hydroxylation sites is 2. The average Bonchev–Trinajstić information content (AvgIpc) is 2.77. The molecule has 1 atom stereocenters. The van der Waals surface area contributed by atoms with Crippen molar-refractivity contribution in [3.63, 3.8) is 0 Å². The van der Waals surface area contributed by atoms with Gasteiger partial charge in [-0.15, -0.1) is 0 Å². The summed E-state index contributed by atoms with van der Waals surface area (Å²) in [7, 11) is 0. The molecule has 0 aliphatic carbocycles. The molecular formula is C24H27N3O. The van der Waals surface area contributed by atoms with Crippen LogP contribution in [-0.4, -0.2) is 24.7 Å². The number of fused-ring (bicyclic) bond motifs is 2. The summed E-state index contributed by atoms with van der Waals surface area (Å²) < 4.78 is 5.82. The molecule has 0 radical (unpaired) electrons. The molecule has 0 amide bonds. The normalized spacial score (nSPS) is 19.3. The molecule has 3 aromatic rings. The maximum absolute atomic E-state index is 5.82. The van der Waals surface area contributed by atoms with E-state index < -0.39 is 0 Å². The first-order chi connectivity index (χ1) is 13.9. The van der Waals surface area contributed by atoms with Crippen molar-refractivity contribution in [3.8, 4) is 5.75 Å². The van der Waals surface area contributed by atoms with E-state index in [1.165, 1.54) is 35.8 Å². The minimum Gasteiger partial charge on any atom is -0.493 e. The maximum Gasteiger partial charge on any atom is 0.133 e. The Hall–Kier alpha value is -2.59. The van der Waals surface area contributed by atoms with Crippen molar-refractivity contribution in [2.45, 2.75) is 38.3 Å². The smallest absolute Gasteiger partial charge is 0.133 e. The molecule has 1 fully saturated rings. The van der Waals surface area contributed by atoms with Crippen LogP contribution in [0.5, 0.6) is 5.75 Å². The molecule has 2 aliphatic rings. The van der Waals surface area contributed by atoms with E-state index in [2.05, 4.69) is 58.7 Å². The highest BCUT2D eigenvalue weighted by atomic mass is 16.5. The van der Waals surface area contributed by atoms with Crippen LogP contribution in [0.15, 0.2) is 54.6 Å². The molecule has 0 saturated carbocycles. The van der Waals surface area contributed by atoms with Gasteiger partial charge < -0.3 is 15.0 Å². The predicted molar refractivity (Wildman–Crippen MR) is 114 cm³/mol. The molecule has 0 spiro atoms. The molecule has 4 heteroatoms. The lowest BCUT2D eigenvalue weighted by Gasteiger charge is -2.31. The lowest BCUT2D eigenvalue weighted by molar-refractivity contribution is 0.252. The van der Waals surface area contributed by atoms with Crippen molar-refractivity contribution < 1.29 is 4.74 Å². The molecule has 1 unspecified atom stereocenters. The van der Waals surface area contributed by atoms with Crippen LogP contribution in [0, 0.1) is 0 Å². The van der Waals surface area contributed by atoms with E-state index in [0.29, 0.717) is 6.04 Å². The number of hydrogen-bond acceptors (Lipinski definition) is 4. The summed E-state index contributed by atoms with van der Waals surface area (Å²) in [6.45, 7) is 3.81. The van der Waals surface area contributed by atoms with Crippen molar-refractivity contribution in [2.75, 3.05) is 24.6 Å². The van der Waals surface area contributed by atoms with E-state index in [1.807, 2.05) is 6.07 Å². The second kappa shape index (κ2) is 7.80. The minimum absolute atomic E-state index is 0.325. The van der Waals surface area contributed by atoms with Gasteiger partial charge in [-0.05, 0) is 37.5 Å². The largest absolute Gasteiger partial charge is 0.493 e. The van der Waals surface area contributed by atoms with Gasteiger partial charge in [0, 0.05) is 48.6 Å². The predicted octanol–water partition coefficient (Wildman–Crippen LogP) is 4.84. The average molecular weight is 374 g/mol. The molecule has 1 saturated heterocycles. The first kappa shape index (κ1) is 17.5. The number of hydrogen-bond donors (Lipinski definition) is 1. The highest BCUT2D eigenvalue weighted by Crippen LogP contribution is 2.33. The number of ether oxygens (including phenoxy) is 1. The lowest BCUT2D eigenvalue weighted by atomic mass is 10.00. The van der Waals surface area contributed by atoms with Gasteiger partial charge in [0.1, 0.15) is 11.6 Å². The second-order valence-corrected chi connectivity index (χ2v) is 7.82. The van der Waals surface area contributed by atoms with E-state index in [9.17, 15) is 0 Å². The van der Waals surface area contributed by atoms with Crippen LogP contribution in [0.2, 0.25) is 0 Å². The van der Waals surface area contributed by atoms with E-state index in [-0.39, 0.29) is 0 Å². The Balaban J connectivity index is 1.44. The van der Waals surface area contributed by atoms with Crippen molar-refractivity contribution in [1.82, 2.24) is 10.3 Å². The Morgan fingerprint density at radius 2 is 1.82 bits per heavy atom. The second-order valence-electron chi connectivity index (χ2n) is 7.82.